The van der Waals surface area contributed by atoms with Gasteiger partial charge in [0.1, 0.15) is 6.33 Å². The van der Waals surface area contributed by atoms with E-state index in [0.29, 0.717) is 13.0 Å². The Balaban J connectivity index is 1.50. The quantitative estimate of drug-likeness (QED) is 0.776. The number of thiazole rings is 1. The van der Waals surface area contributed by atoms with E-state index in [1.807, 2.05) is 40.1 Å². The number of hydrogen-bond donors (Lipinski definition) is 1. The van der Waals surface area contributed by atoms with E-state index in [9.17, 15) is 4.79 Å². The number of carbonyl (C=O) groups is 1. The molecular formula is C14H14N4OS. The van der Waals surface area contributed by atoms with Gasteiger partial charge in [-0.1, -0.05) is 30.3 Å². The van der Waals surface area contributed by atoms with Crippen LogP contribution in [0.1, 0.15) is 11.3 Å². The summed E-state index contributed by atoms with van der Waals surface area (Å²) in [5, 5.41) is 12.8. The van der Waals surface area contributed by atoms with E-state index >= 15 is 0 Å². The van der Waals surface area contributed by atoms with Crippen LogP contribution in [-0.4, -0.2) is 27.0 Å². The maximum absolute atomic E-state index is 11.8. The summed E-state index contributed by atoms with van der Waals surface area (Å²) in [5.74, 6) is 0.0476. The van der Waals surface area contributed by atoms with Gasteiger partial charge in [0.05, 0.1) is 6.42 Å². The van der Waals surface area contributed by atoms with Crippen LogP contribution in [0, 0.1) is 0 Å². The van der Waals surface area contributed by atoms with Crippen LogP contribution in [0.2, 0.25) is 0 Å². The molecular weight excluding hydrogens is 272 g/mol. The Morgan fingerprint density at radius 1 is 1.30 bits per heavy atom. The van der Waals surface area contributed by atoms with Crippen molar-refractivity contribution in [1.82, 2.24) is 19.9 Å². The number of fused-ring (bicyclic) bond motifs is 1. The fourth-order valence-electron chi connectivity index (χ4n) is 2.03. The van der Waals surface area contributed by atoms with Crippen molar-refractivity contribution < 1.29 is 4.79 Å². The van der Waals surface area contributed by atoms with Crippen molar-refractivity contribution in [3.05, 3.63) is 53.3 Å². The molecule has 1 N–H and O–H groups in total. The van der Waals surface area contributed by atoms with E-state index in [1.165, 1.54) is 0 Å². The molecule has 0 saturated heterocycles. The number of carbonyl (C=O) groups excluding carboxylic acids is 1. The molecule has 1 aromatic carbocycles. The molecule has 0 radical (unpaired) electrons. The third kappa shape index (κ3) is 2.85. The smallest absolute Gasteiger partial charge is 0.224 e. The molecule has 6 heteroatoms. The largest absolute Gasteiger partial charge is 0.355 e. The summed E-state index contributed by atoms with van der Waals surface area (Å²) in [4.78, 5) is 12.7. The van der Waals surface area contributed by atoms with Gasteiger partial charge in [0.25, 0.3) is 0 Å². The first-order valence-electron chi connectivity index (χ1n) is 6.39. The molecule has 102 valence electrons. The maximum atomic E-state index is 11.8. The Kier molecular flexibility index (Phi) is 3.73. The standard InChI is InChI=1S/C14H14N4OS/c19-13(8-11-4-2-1-3-5-11)15-7-6-12-9-20-14-17-16-10-18(12)14/h1-5,9-10H,6-8H2,(H,15,19). The second kappa shape index (κ2) is 5.83. The van der Waals surface area contributed by atoms with Crippen molar-refractivity contribution in [1.29, 1.82) is 0 Å². The van der Waals surface area contributed by atoms with Crippen LogP contribution in [0.15, 0.2) is 42.0 Å². The van der Waals surface area contributed by atoms with Gasteiger partial charge in [-0.2, -0.15) is 0 Å². The summed E-state index contributed by atoms with van der Waals surface area (Å²) in [6.07, 6.45) is 2.90. The molecule has 0 saturated carbocycles. The van der Waals surface area contributed by atoms with Crippen molar-refractivity contribution in [3.8, 4) is 0 Å². The first-order chi connectivity index (χ1) is 9.83. The minimum absolute atomic E-state index is 0.0476. The van der Waals surface area contributed by atoms with Gasteiger partial charge in [-0.15, -0.1) is 21.5 Å². The maximum Gasteiger partial charge on any atom is 0.224 e. The molecule has 1 amide bonds. The lowest BCUT2D eigenvalue weighted by molar-refractivity contribution is -0.120. The molecule has 2 aromatic heterocycles. The predicted molar refractivity (Wildman–Crippen MR) is 77.7 cm³/mol. The van der Waals surface area contributed by atoms with Gasteiger partial charge in [0.15, 0.2) is 0 Å². The van der Waals surface area contributed by atoms with Crippen LogP contribution >= 0.6 is 11.3 Å². The first-order valence-corrected chi connectivity index (χ1v) is 7.27. The van der Waals surface area contributed by atoms with Gasteiger partial charge in [0.2, 0.25) is 10.9 Å². The highest BCUT2D eigenvalue weighted by Crippen LogP contribution is 2.13. The second-order valence-corrected chi connectivity index (χ2v) is 5.31. The van der Waals surface area contributed by atoms with Gasteiger partial charge in [-0.05, 0) is 5.56 Å². The highest BCUT2D eigenvalue weighted by atomic mass is 32.1. The van der Waals surface area contributed by atoms with Crippen molar-refractivity contribution in [2.75, 3.05) is 6.54 Å². The molecule has 0 unspecified atom stereocenters. The molecule has 2 heterocycles. The average molecular weight is 286 g/mol. The van der Waals surface area contributed by atoms with Crippen LogP contribution in [0.4, 0.5) is 0 Å². The Labute approximate surface area is 120 Å². The SMILES string of the molecule is O=C(Cc1ccccc1)NCCc1csc2nncn12. The number of nitrogens with one attached hydrogen (secondary N) is 1. The van der Waals surface area contributed by atoms with Crippen molar-refractivity contribution >= 4 is 22.2 Å². The summed E-state index contributed by atoms with van der Waals surface area (Å²) in [6, 6.07) is 9.74. The van der Waals surface area contributed by atoms with Gasteiger partial charge in [-0.25, -0.2) is 0 Å². The van der Waals surface area contributed by atoms with E-state index in [-0.39, 0.29) is 5.91 Å². The lowest BCUT2D eigenvalue weighted by Gasteiger charge is -2.04. The number of nitrogens with zero attached hydrogens (tertiary/aromatic N) is 3. The van der Waals surface area contributed by atoms with E-state index in [2.05, 4.69) is 15.5 Å². The number of benzene rings is 1. The predicted octanol–water partition coefficient (Wildman–Crippen LogP) is 1.69. The summed E-state index contributed by atoms with van der Waals surface area (Å²) in [5.41, 5.74) is 2.15. The highest BCUT2D eigenvalue weighted by Gasteiger charge is 2.06. The Morgan fingerprint density at radius 2 is 2.15 bits per heavy atom. The summed E-state index contributed by atoms with van der Waals surface area (Å²) in [7, 11) is 0. The molecule has 0 atom stereocenters. The second-order valence-electron chi connectivity index (χ2n) is 4.47. The fourth-order valence-corrected chi connectivity index (χ4v) is 2.88. The lowest BCUT2D eigenvalue weighted by Crippen LogP contribution is -2.27. The molecule has 0 fully saturated rings. The first kappa shape index (κ1) is 12.8. The van der Waals surface area contributed by atoms with Gasteiger partial charge < -0.3 is 5.32 Å². The molecule has 3 aromatic rings. The third-order valence-corrected chi connectivity index (χ3v) is 3.92. The van der Waals surface area contributed by atoms with E-state index in [0.717, 1.165) is 22.6 Å². The van der Waals surface area contributed by atoms with Crippen LogP contribution in [0.25, 0.3) is 4.96 Å². The molecule has 20 heavy (non-hydrogen) atoms. The van der Waals surface area contributed by atoms with E-state index in [1.54, 1.807) is 17.7 Å². The minimum atomic E-state index is 0.0476. The monoisotopic (exact) mass is 286 g/mol. The van der Waals surface area contributed by atoms with Crippen LogP contribution in [0.5, 0.6) is 0 Å². The van der Waals surface area contributed by atoms with Crippen LogP contribution in [0.3, 0.4) is 0 Å². The van der Waals surface area contributed by atoms with Crippen LogP contribution < -0.4 is 5.32 Å². The average Bonchev–Trinajstić information content (AvgIpc) is 3.04. The molecule has 3 rings (SSSR count). The zero-order valence-electron chi connectivity index (χ0n) is 10.8. The van der Waals surface area contributed by atoms with E-state index in [4.69, 9.17) is 0 Å². The molecule has 0 aliphatic carbocycles. The fraction of sp³-hybridized carbons (Fsp3) is 0.214. The minimum Gasteiger partial charge on any atom is -0.355 e. The highest BCUT2D eigenvalue weighted by molar-refractivity contribution is 7.15. The summed E-state index contributed by atoms with van der Waals surface area (Å²) in [6.45, 7) is 0.621. The number of amides is 1. The molecule has 0 aliphatic heterocycles. The van der Waals surface area contributed by atoms with Gasteiger partial charge in [0, 0.05) is 24.0 Å². The normalized spacial score (nSPS) is 10.8. The third-order valence-electron chi connectivity index (χ3n) is 3.04. The molecule has 0 bridgehead atoms. The molecule has 5 nitrogen and oxygen atoms in total. The number of rotatable bonds is 5. The summed E-state index contributed by atoms with van der Waals surface area (Å²) < 4.78 is 1.95. The lowest BCUT2D eigenvalue weighted by atomic mass is 10.1. The van der Waals surface area contributed by atoms with Crippen LogP contribution in [-0.2, 0) is 17.6 Å². The van der Waals surface area contributed by atoms with E-state index < -0.39 is 0 Å². The van der Waals surface area contributed by atoms with Crippen molar-refractivity contribution in [2.24, 2.45) is 0 Å². The zero-order valence-corrected chi connectivity index (χ0v) is 11.6. The van der Waals surface area contributed by atoms with Crippen molar-refractivity contribution in [3.63, 3.8) is 0 Å². The van der Waals surface area contributed by atoms with Crippen molar-refractivity contribution in [2.45, 2.75) is 12.8 Å². The summed E-state index contributed by atoms with van der Waals surface area (Å²) >= 11 is 1.56. The van der Waals surface area contributed by atoms with Gasteiger partial charge >= 0.3 is 0 Å². The zero-order chi connectivity index (χ0) is 13.8. The topological polar surface area (TPSA) is 59.3 Å². The Bertz CT molecular complexity index is 704. The molecule has 0 aliphatic rings. The van der Waals surface area contributed by atoms with Gasteiger partial charge in [-0.3, -0.25) is 9.20 Å². The number of hydrogen-bond acceptors (Lipinski definition) is 4. The Morgan fingerprint density at radius 3 is 3.00 bits per heavy atom. The Hall–Kier alpha value is -2.21. The number of aromatic nitrogens is 3. The molecule has 0 spiro atoms.